The lowest BCUT2D eigenvalue weighted by Gasteiger charge is -2.12. The number of hydrogen-bond acceptors (Lipinski definition) is 5. The van der Waals surface area contributed by atoms with E-state index in [1.54, 1.807) is 7.05 Å². The van der Waals surface area contributed by atoms with Crippen LogP contribution in [0.3, 0.4) is 0 Å². The summed E-state index contributed by atoms with van der Waals surface area (Å²) in [6.45, 7) is 0. The lowest BCUT2D eigenvalue weighted by molar-refractivity contribution is 0.469. The third kappa shape index (κ3) is 2.59. The van der Waals surface area contributed by atoms with E-state index in [-0.39, 0.29) is 5.75 Å². The molecule has 0 aromatic heterocycles. The number of amidine groups is 1. The summed E-state index contributed by atoms with van der Waals surface area (Å²) in [6, 6.07) is 9.56. The Morgan fingerprint density at radius 1 is 1.32 bits per heavy atom. The van der Waals surface area contributed by atoms with E-state index < -0.39 is 0 Å². The van der Waals surface area contributed by atoms with Crippen LogP contribution in [-0.2, 0) is 0 Å². The molecule has 0 heterocycles. The van der Waals surface area contributed by atoms with Gasteiger partial charge in [-0.3, -0.25) is 4.99 Å². The molecule has 0 aliphatic heterocycles. The van der Waals surface area contributed by atoms with Crippen LogP contribution in [0.25, 0.3) is 10.8 Å². The zero-order chi connectivity index (χ0) is 13.8. The molecule has 0 saturated heterocycles. The molecule has 100 valence electrons. The maximum atomic E-state index is 10.3. The third-order valence-electron chi connectivity index (χ3n) is 2.78. The fourth-order valence-corrected chi connectivity index (χ4v) is 2.60. The fourth-order valence-electron chi connectivity index (χ4n) is 1.86. The lowest BCUT2D eigenvalue weighted by atomic mass is 10.1. The van der Waals surface area contributed by atoms with E-state index >= 15 is 0 Å². The van der Waals surface area contributed by atoms with Gasteiger partial charge in [-0.15, -0.1) is 0 Å². The molecule has 2 aromatic rings. The van der Waals surface area contributed by atoms with E-state index in [1.807, 2.05) is 37.4 Å². The SMILES string of the molecule is CN=C(NN)Sc1cc(NC)c2ccccc2c1O. The van der Waals surface area contributed by atoms with Crippen molar-refractivity contribution < 1.29 is 5.11 Å². The van der Waals surface area contributed by atoms with E-state index in [2.05, 4.69) is 15.7 Å². The summed E-state index contributed by atoms with van der Waals surface area (Å²) < 4.78 is 0. The maximum Gasteiger partial charge on any atom is 0.175 e. The molecule has 19 heavy (non-hydrogen) atoms. The van der Waals surface area contributed by atoms with Crippen molar-refractivity contribution in [1.29, 1.82) is 0 Å². The predicted octanol–water partition coefficient (Wildman–Crippen LogP) is 2.13. The van der Waals surface area contributed by atoms with Gasteiger partial charge in [0.2, 0.25) is 0 Å². The number of phenols is 1. The molecule has 0 spiro atoms. The molecule has 0 saturated carbocycles. The Hall–Kier alpha value is -1.92. The van der Waals surface area contributed by atoms with Gasteiger partial charge in [0, 0.05) is 30.6 Å². The fraction of sp³-hybridized carbons (Fsp3) is 0.154. The number of aliphatic imine (C=N–C) groups is 1. The molecule has 0 aliphatic carbocycles. The summed E-state index contributed by atoms with van der Waals surface area (Å²) in [5, 5.41) is 15.8. The second kappa shape index (κ2) is 5.81. The highest BCUT2D eigenvalue weighted by atomic mass is 32.2. The van der Waals surface area contributed by atoms with Crippen LogP contribution in [0, 0.1) is 0 Å². The average molecular weight is 276 g/mol. The Morgan fingerprint density at radius 3 is 2.58 bits per heavy atom. The van der Waals surface area contributed by atoms with Gasteiger partial charge in [-0.1, -0.05) is 24.3 Å². The quantitative estimate of drug-likeness (QED) is 0.169. The Bertz CT molecular complexity index is 627. The van der Waals surface area contributed by atoms with Gasteiger partial charge >= 0.3 is 0 Å². The number of rotatable bonds is 2. The van der Waals surface area contributed by atoms with E-state index in [4.69, 9.17) is 5.84 Å². The standard InChI is InChI=1S/C13H16N4OS/c1-15-10-7-11(19-13(16-2)17-14)12(18)9-6-4-3-5-8(9)10/h3-7,15,18H,14H2,1-2H3,(H,16,17). The highest BCUT2D eigenvalue weighted by Gasteiger charge is 2.12. The van der Waals surface area contributed by atoms with Gasteiger partial charge in [0.25, 0.3) is 0 Å². The molecule has 0 unspecified atom stereocenters. The van der Waals surface area contributed by atoms with E-state index in [9.17, 15) is 5.11 Å². The highest BCUT2D eigenvalue weighted by molar-refractivity contribution is 8.14. The Morgan fingerprint density at radius 2 is 2.00 bits per heavy atom. The molecule has 2 rings (SSSR count). The van der Waals surface area contributed by atoms with Gasteiger partial charge < -0.3 is 15.8 Å². The molecule has 0 aliphatic rings. The van der Waals surface area contributed by atoms with Crippen LogP contribution in [-0.4, -0.2) is 24.4 Å². The van der Waals surface area contributed by atoms with E-state index in [0.29, 0.717) is 10.1 Å². The predicted molar refractivity (Wildman–Crippen MR) is 81.7 cm³/mol. The van der Waals surface area contributed by atoms with Crippen LogP contribution in [0.15, 0.2) is 40.2 Å². The van der Waals surface area contributed by atoms with Crippen LogP contribution in [0.4, 0.5) is 5.69 Å². The first-order valence-electron chi connectivity index (χ1n) is 5.75. The smallest absolute Gasteiger partial charge is 0.175 e. The average Bonchev–Trinajstić information content (AvgIpc) is 2.47. The van der Waals surface area contributed by atoms with Crippen molar-refractivity contribution in [2.45, 2.75) is 4.90 Å². The van der Waals surface area contributed by atoms with Crippen molar-refractivity contribution in [2.75, 3.05) is 19.4 Å². The molecule has 5 nitrogen and oxygen atoms in total. The molecule has 0 bridgehead atoms. The number of hydrogen-bond donors (Lipinski definition) is 4. The maximum absolute atomic E-state index is 10.3. The number of fused-ring (bicyclic) bond motifs is 1. The summed E-state index contributed by atoms with van der Waals surface area (Å²) in [4.78, 5) is 4.69. The number of nitrogens with one attached hydrogen (secondary N) is 2. The van der Waals surface area contributed by atoms with Crippen molar-refractivity contribution in [3.8, 4) is 5.75 Å². The van der Waals surface area contributed by atoms with Gasteiger partial charge in [0.15, 0.2) is 5.17 Å². The van der Waals surface area contributed by atoms with E-state index in [0.717, 1.165) is 16.5 Å². The van der Waals surface area contributed by atoms with Gasteiger partial charge in [-0.05, 0) is 17.8 Å². The minimum absolute atomic E-state index is 0.232. The molecule has 0 fully saturated rings. The number of nitrogens with zero attached hydrogens (tertiary/aromatic N) is 1. The van der Waals surface area contributed by atoms with Crippen LogP contribution < -0.4 is 16.6 Å². The number of nitrogens with two attached hydrogens (primary N) is 1. The number of phenolic OH excluding ortho intramolecular Hbond substituents is 1. The molecular weight excluding hydrogens is 260 g/mol. The number of thioether (sulfide) groups is 1. The largest absolute Gasteiger partial charge is 0.506 e. The van der Waals surface area contributed by atoms with Crippen LogP contribution in [0.1, 0.15) is 0 Å². The summed E-state index contributed by atoms with van der Waals surface area (Å²) >= 11 is 1.28. The summed E-state index contributed by atoms with van der Waals surface area (Å²) in [5.41, 5.74) is 3.44. The Balaban J connectivity index is 2.59. The first kappa shape index (κ1) is 13.5. The molecule has 2 aromatic carbocycles. The highest BCUT2D eigenvalue weighted by Crippen LogP contribution is 2.39. The zero-order valence-corrected chi connectivity index (χ0v) is 11.6. The van der Waals surface area contributed by atoms with Crippen molar-refractivity contribution in [3.63, 3.8) is 0 Å². The van der Waals surface area contributed by atoms with Gasteiger partial charge in [0.05, 0.1) is 4.90 Å². The second-order valence-corrected chi connectivity index (χ2v) is 4.87. The minimum atomic E-state index is 0.232. The van der Waals surface area contributed by atoms with Crippen molar-refractivity contribution >= 4 is 33.4 Å². The number of benzene rings is 2. The van der Waals surface area contributed by atoms with E-state index in [1.165, 1.54) is 11.8 Å². The Kier molecular flexibility index (Phi) is 4.13. The molecule has 6 heteroatoms. The third-order valence-corrected chi connectivity index (χ3v) is 3.81. The van der Waals surface area contributed by atoms with Gasteiger partial charge in [0.1, 0.15) is 5.75 Å². The molecule has 0 amide bonds. The Labute approximate surface area is 115 Å². The molecule has 0 atom stereocenters. The summed E-state index contributed by atoms with van der Waals surface area (Å²) in [6.07, 6.45) is 0. The molecule has 5 N–H and O–H groups in total. The van der Waals surface area contributed by atoms with Crippen LogP contribution in [0.5, 0.6) is 5.75 Å². The monoisotopic (exact) mass is 276 g/mol. The van der Waals surface area contributed by atoms with Crippen molar-refractivity contribution in [2.24, 2.45) is 10.8 Å². The number of aromatic hydroxyl groups is 1. The lowest BCUT2D eigenvalue weighted by Crippen LogP contribution is -2.27. The number of anilines is 1. The van der Waals surface area contributed by atoms with Crippen LogP contribution >= 0.6 is 11.8 Å². The minimum Gasteiger partial charge on any atom is -0.506 e. The summed E-state index contributed by atoms with van der Waals surface area (Å²) in [7, 11) is 3.49. The normalized spacial score (nSPS) is 11.6. The molecule has 0 radical (unpaired) electrons. The molecular formula is C13H16N4OS. The second-order valence-electron chi connectivity index (χ2n) is 3.84. The topological polar surface area (TPSA) is 82.7 Å². The first-order valence-corrected chi connectivity index (χ1v) is 6.56. The van der Waals surface area contributed by atoms with Gasteiger partial charge in [-0.25, -0.2) is 5.84 Å². The van der Waals surface area contributed by atoms with Crippen molar-refractivity contribution in [3.05, 3.63) is 30.3 Å². The summed E-state index contributed by atoms with van der Waals surface area (Å²) in [5.74, 6) is 5.60. The zero-order valence-electron chi connectivity index (χ0n) is 10.8. The van der Waals surface area contributed by atoms with Gasteiger partial charge in [-0.2, -0.15) is 0 Å². The number of hydrazine groups is 1. The first-order chi connectivity index (χ1) is 9.21. The van der Waals surface area contributed by atoms with Crippen molar-refractivity contribution in [1.82, 2.24) is 5.43 Å². The van der Waals surface area contributed by atoms with Crippen LogP contribution in [0.2, 0.25) is 0 Å².